The molecule has 0 aliphatic carbocycles. The monoisotopic (exact) mass is 530 g/mol. The van der Waals surface area contributed by atoms with Crippen molar-refractivity contribution >= 4 is 38.4 Å². The van der Waals surface area contributed by atoms with Gasteiger partial charge >= 0.3 is 0 Å². The fourth-order valence-electron chi connectivity index (χ4n) is 4.69. The number of furan rings is 1. The summed E-state index contributed by atoms with van der Waals surface area (Å²) >= 11 is 1.35. The predicted octanol–water partition coefficient (Wildman–Crippen LogP) is 7.02. The number of fused-ring (bicyclic) bond motifs is 1. The molecular weight excluding hydrogens is 500 g/mol. The maximum Gasteiger partial charge on any atom is 0.296 e. The van der Waals surface area contributed by atoms with Crippen LogP contribution in [0.4, 0.5) is 5.13 Å². The van der Waals surface area contributed by atoms with Gasteiger partial charge in [-0.3, -0.25) is 14.5 Å². The van der Waals surface area contributed by atoms with Crippen LogP contribution in [0, 0.1) is 26.7 Å². The number of rotatable bonds is 8. The van der Waals surface area contributed by atoms with Crippen molar-refractivity contribution in [1.29, 1.82) is 0 Å². The average Bonchev–Trinajstić information content (AvgIpc) is 3.55. The van der Waals surface area contributed by atoms with Crippen LogP contribution in [-0.2, 0) is 4.79 Å². The Bertz CT molecular complexity index is 1580. The molecule has 8 heteroatoms. The van der Waals surface area contributed by atoms with Gasteiger partial charge in [0.2, 0.25) is 5.78 Å². The molecule has 0 saturated carbocycles. The number of aromatic nitrogens is 1. The number of amides is 1. The van der Waals surface area contributed by atoms with Gasteiger partial charge in [0.1, 0.15) is 11.5 Å². The molecule has 1 amide bonds. The molecule has 2 aromatic heterocycles. The predicted molar refractivity (Wildman–Crippen MR) is 148 cm³/mol. The normalized spacial score (nSPS) is 15.8. The zero-order valence-corrected chi connectivity index (χ0v) is 22.9. The number of carbonyl (C=O) groups is 2. The van der Waals surface area contributed by atoms with Gasteiger partial charge in [-0.15, -0.1) is 0 Å². The zero-order valence-electron chi connectivity index (χ0n) is 22.1. The van der Waals surface area contributed by atoms with Crippen LogP contribution in [0.25, 0.3) is 10.2 Å². The summed E-state index contributed by atoms with van der Waals surface area (Å²) in [6.07, 6.45) is 0.894. The number of ketones is 1. The second-order valence-corrected chi connectivity index (χ2v) is 11.1. The van der Waals surface area contributed by atoms with Crippen LogP contribution in [0.15, 0.2) is 64.3 Å². The van der Waals surface area contributed by atoms with Crippen LogP contribution < -0.4 is 9.64 Å². The highest BCUT2D eigenvalue weighted by Crippen LogP contribution is 2.45. The number of Topliss-reactive ketones (excluding diaryl/α,β-unsaturated/α-hetero) is 1. The number of benzene rings is 2. The standard InChI is InChI=1S/C30H30N2O5S/c1-16(2)11-12-36-21-8-6-7-20(15-21)26-24(27(33)22-10-9-19(5)37-22)28(34)29(35)32(26)30-31-25-18(4)13-17(3)14-23(25)38-30/h6-10,13-16,26,34H,11-12H2,1-5H3. The highest BCUT2D eigenvalue weighted by Gasteiger charge is 2.46. The lowest BCUT2D eigenvalue weighted by Crippen LogP contribution is -2.31. The first-order chi connectivity index (χ1) is 18.1. The third-order valence-electron chi connectivity index (χ3n) is 6.58. The fourth-order valence-corrected chi connectivity index (χ4v) is 5.86. The third-order valence-corrected chi connectivity index (χ3v) is 7.58. The van der Waals surface area contributed by atoms with E-state index in [1.165, 1.54) is 16.2 Å². The molecule has 1 atom stereocenters. The van der Waals surface area contributed by atoms with Gasteiger partial charge in [0.05, 0.1) is 28.4 Å². The first-order valence-electron chi connectivity index (χ1n) is 12.6. The molecule has 5 rings (SSSR count). The second-order valence-electron chi connectivity index (χ2n) is 10.1. The first-order valence-corrected chi connectivity index (χ1v) is 13.4. The quantitative estimate of drug-likeness (QED) is 0.246. The summed E-state index contributed by atoms with van der Waals surface area (Å²) in [5, 5.41) is 11.5. The van der Waals surface area contributed by atoms with E-state index in [1.807, 2.05) is 50.2 Å². The van der Waals surface area contributed by atoms with Gasteiger partial charge in [0, 0.05) is 0 Å². The van der Waals surface area contributed by atoms with Crippen molar-refractivity contribution < 1.29 is 23.8 Å². The largest absolute Gasteiger partial charge is 0.503 e. The molecule has 4 aromatic rings. The zero-order chi connectivity index (χ0) is 27.1. The number of carbonyl (C=O) groups excluding carboxylic acids is 2. The summed E-state index contributed by atoms with van der Waals surface area (Å²) in [6.45, 7) is 10.5. The second kappa shape index (κ2) is 10.1. The van der Waals surface area contributed by atoms with Gasteiger partial charge in [-0.25, -0.2) is 4.98 Å². The maximum absolute atomic E-state index is 13.6. The van der Waals surface area contributed by atoms with E-state index in [-0.39, 0.29) is 11.3 Å². The number of ether oxygens (including phenoxy) is 1. The number of nitrogens with zero attached hydrogens (tertiary/aromatic N) is 2. The smallest absolute Gasteiger partial charge is 0.296 e. The number of hydrogen-bond acceptors (Lipinski definition) is 7. The van der Waals surface area contributed by atoms with Crippen molar-refractivity contribution in [3.63, 3.8) is 0 Å². The van der Waals surface area contributed by atoms with Crippen LogP contribution in [0.5, 0.6) is 5.75 Å². The fraction of sp³-hybridized carbons (Fsp3) is 0.300. The minimum atomic E-state index is -0.906. The van der Waals surface area contributed by atoms with Crippen molar-refractivity contribution in [1.82, 2.24) is 4.98 Å². The lowest BCUT2D eigenvalue weighted by atomic mass is 9.95. The molecule has 1 aliphatic rings. The Hall–Kier alpha value is -3.91. The molecule has 3 heterocycles. The molecule has 0 radical (unpaired) electrons. The van der Waals surface area contributed by atoms with Gasteiger partial charge in [-0.05, 0) is 80.1 Å². The summed E-state index contributed by atoms with van der Waals surface area (Å²) in [5.41, 5.74) is 3.45. The number of anilines is 1. The Labute approximate surface area is 225 Å². The van der Waals surface area contributed by atoms with Gasteiger partial charge in [-0.1, -0.05) is 43.4 Å². The minimum absolute atomic E-state index is 0.0455. The molecule has 0 bridgehead atoms. The van der Waals surface area contributed by atoms with Crippen molar-refractivity contribution in [2.24, 2.45) is 5.92 Å². The van der Waals surface area contributed by atoms with E-state index in [1.54, 1.807) is 19.1 Å². The maximum atomic E-state index is 13.6. The molecule has 196 valence electrons. The number of thiazole rings is 1. The lowest BCUT2D eigenvalue weighted by Gasteiger charge is -2.24. The molecule has 2 aromatic carbocycles. The Morgan fingerprint density at radius 3 is 2.66 bits per heavy atom. The van der Waals surface area contributed by atoms with E-state index in [2.05, 4.69) is 13.8 Å². The van der Waals surface area contributed by atoms with Crippen molar-refractivity contribution in [2.45, 2.75) is 47.1 Å². The summed E-state index contributed by atoms with van der Waals surface area (Å²) in [4.78, 5) is 33.4. The molecule has 0 fully saturated rings. The van der Waals surface area contributed by atoms with Gasteiger partial charge < -0.3 is 14.3 Å². The van der Waals surface area contributed by atoms with Crippen molar-refractivity contribution in [2.75, 3.05) is 11.5 Å². The van der Waals surface area contributed by atoms with Crippen LogP contribution >= 0.6 is 11.3 Å². The van der Waals surface area contributed by atoms with Gasteiger partial charge in [0.25, 0.3) is 5.91 Å². The highest BCUT2D eigenvalue weighted by atomic mass is 32.1. The molecule has 0 spiro atoms. The van der Waals surface area contributed by atoms with E-state index in [0.717, 1.165) is 27.8 Å². The highest BCUT2D eigenvalue weighted by molar-refractivity contribution is 7.22. The molecule has 1 aliphatic heterocycles. The lowest BCUT2D eigenvalue weighted by molar-refractivity contribution is -0.117. The van der Waals surface area contributed by atoms with E-state index < -0.39 is 23.5 Å². The third kappa shape index (κ3) is 4.72. The molecule has 1 N–H and O–H groups in total. The van der Waals surface area contributed by atoms with E-state index in [4.69, 9.17) is 14.1 Å². The number of aryl methyl sites for hydroxylation is 3. The number of aliphatic hydroxyl groups excluding tert-OH is 1. The van der Waals surface area contributed by atoms with Gasteiger partial charge in [0.15, 0.2) is 16.7 Å². The summed E-state index contributed by atoms with van der Waals surface area (Å²) in [6, 6.07) is 13.7. The summed E-state index contributed by atoms with van der Waals surface area (Å²) in [7, 11) is 0. The average molecular weight is 531 g/mol. The number of hydrogen-bond donors (Lipinski definition) is 1. The molecule has 0 saturated heterocycles. The van der Waals surface area contributed by atoms with Crippen LogP contribution in [0.3, 0.4) is 0 Å². The molecular formula is C30H30N2O5S. The first kappa shape index (κ1) is 25.7. The van der Waals surface area contributed by atoms with Crippen LogP contribution in [0.2, 0.25) is 0 Å². The van der Waals surface area contributed by atoms with E-state index >= 15 is 0 Å². The topological polar surface area (TPSA) is 92.9 Å². The summed E-state index contributed by atoms with van der Waals surface area (Å²) in [5.74, 6) is -0.0942. The van der Waals surface area contributed by atoms with Crippen LogP contribution in [-0.4, -0.2) is 28.4 Å². The number of aliphatic hydroxyl groups is 1. The SMILES string of the molecule is Cc1cc(C)c2nc(N3C(=O)C(O)=C(C(=O)c4ccc(C)o4)C3c3cccc(OCCC(C)C)c3)sc2c1. The van der Waals surface area contributed by atoms with Crippen molar-refractivity contribution in [3.8, 4) is 5.75 Å². The minimum Gasteiger partial charge on any atom is -0.503 e. The Morgan fingerprint density at radius 1 is 1.16 bits per heavy atom. The Balaban J connectivity index is 1.62. The Morgan fingerprint density at radius 2 is 1.95 bits per heavy atom. The van der Waals surface area contributed by atoms with E-state index in [9.17, 15) is 14.7 Å². The molecule has 1 unspecified atom stereocenters. The Kier molecular flexibility index (Phi) is 6.84. The van der Waals surface area contributed by atoms with Gasteiger partial charge in [-0.2, -0.15) is 0 Å². The summed E-state index contributed by atoms with van der Waals surface area (Å²) < 4.78 is 12.5. The van der Waals surface area contributed by atoms with Crippen molar-refractivity contribution in [3.05, 3.63) is 88.1 Å². The molecule has 38 heavy (non-hydrogen) atoms. The molecule has 7 nitrogen and oxygen atoms in total. The van der Waals surface area contributed by atoms with Crippen LogP contribution in [0.1, 0.15) is 59.3 Å². The van der Waals surface area contributed by atoms with E-state index in [0.29, 0.717) is 34.7 Å².